The smallest absolute Gasteiger partial charge is 0.310 e. The Balaban J connectivity index is 0.000000280. The molecule has 0 heterocycles. The van der Waals surface area contributed by atoms with Crippen LogP contribution in [0.5, 0.6) is 51.7 Å². The zero-order valence-electron chi connectivity index (χ0n) is 77.6. The number of anilines is 5. The van der Waals surface area contributed by atoms with E-state index in [4.69, 9.17) is 65.6 Å². The number of nitro benzene ring substituents is 4. The Kier molecular flexibility index (Phi) is 42.6. The first kappa shape index (κ1) is 108. The fourth-order valence-corrected chi connectivity index (χ4v) is 11.6. The van der Waals surface area contributed by atoms with Gasteiger partial charge >= 0.3 is 22.7 Å². The van der Waals surface area contributed by atoms with Gasteiger partial charge in [-0.05, 0) is 186 Å². The first-order valence-corrected chi connectivity index (χ1v) is 43.4. The average Bonchev–Trinajstić information content (AvgIpc) is 0.843. The molecule has 0 aliphatic heterocycles. The van der Waals surface area contributed by atoms with Crippen molar-refractivity contribution in [2.45, 2.75) is 154 Å². The van der Waals surface area contributed by atoms with Crippen LogP contribution in [0.2, 0.25) is 0 Å². The number of carbonyl (C=O) groups excluding carboxylic acids is 9. The molecule has 0 fully saturated rings. The van der Waals surface area contributed by atoms with E-state index < -0.39 is 72.9 Å². The van der Waals surface area contributed by atoms with Crippen molar-refractivity contribution in [2.24, 2.45) is 40.7 Å². The lowest BCUT2D eigenvalue weighted by atomic mass is 10.1. The molecular weight excluding hydrogens is 1750 g/mol. The summed E-state index contributed by atoms with van der Waals surface area (Å²) in [5, 5.41) is 58.8. The Labute approximate surface area is 779 Å². The molecule has 0 aliphatic carbocycles. The molecule has 39 nitrogen and oxygen atoms in total. The number of nitro groups is 4. The number of benzene rings is 9. The molecule has 0 atom stereocenters. The maximum atomic E-state index is 13.3. The fourth-order valence-electron chi connectivity index (χ4n) is 11.6. The van der Waals surface area contributed by atoms with Crippen LogP contribution in [0.15, 0.2) is 164 Å². The maximum Gasteiger partial charge on any atom is 0.310 e. The van der Waals surface area contributed by atoms with Crippen LogP contribution >= 0.6 is 0 Å². The van der Waals surface area contributed by atoms with Crippen LogP contribution in [-0.2, 0) is 0 Å². The van der Waals surface area contributed by atoms with Gasteiger partial charge in [0.1, 0.15) is 28.7 Å². The SMILES string of the molecule is CC(C)COc1cc(C(N)=O)ccc1NC(=O)c1ccc(NC(=O)c2ccc([N+](=O)[O-])c(OC(C)C)c2)c(OC(C)C)c1.CCCCOc1cc(C(=O)Nc2ccc(C(N)=O)cc2OCC(C)C)ccc1[N+](=O)[O-].CCCCOc1cc(C(N)=O)ccc1NC(=O)c1ccc([N+](=O)[O-])c(OCCCC)c1.CCCOc1cc(C(N)=O)ccc1NC(=O)c1ccc([N+](=O)[O-])c(OCC(C)C)c1. The fraction of sp³-hybridized carbons (Fsp3) is 0.344. The van der Waals surface area contributed by atoms with Gasteiger partial charge in [0.05, 0.1) is 107 Å². The molecule has 9 aromatic rings. The number of ether oxygens (including phenoxy) is 9. The number of nitrogens with two attached hydrogens (primary N) is 4. The Hall–Kier alpha value is -16.0. The second-order valence-corrected chi connectivity index (χ2v) is 31.9. The number of hydrogen-bond donors (Lipinski definition) is 9. The molecule has 720 valence electrons. The van der Waals surface area contributed by atoms with Gasteiger partial charge < -0.3 is 92.2 Å². The highest BCUT2D eigenvalue weighted by Gasteiger charge is 2.27. The van der Waals surface area contributed by atoms with Crippen molar-refractivity contribution in [3.05, 3.63) is 254 Å². The van der Waals surface area contributed by atoms with Crippen molar-refractivity contribution < 1.29 is 105 Å². The summed E-state index contributed by atoms with van der Waals surface area (Å²) in [5.41, 5.74) is 24.1. The first-order chi connectivity index (χ1) is 64.1. The number of nitrogens with zero attached hydrogens (tertiary/aromatic N) is 4. The lowest BCUT2D eigenvalue weighted by Gasteiger charge is -2.18. The predicted octanol–water partition coefficient (Wildman–Crippen LogP) is 18.0. The molecule has 135 heavy (non-hydrogen) atoms. The summed E-state index contributed by atoms with van der Waals surface area (Å²) in [6.07, 6.45) is 5.01. The van der Waals surface area contributed by atoms with E-state index in [1.165, 1.54) is 164 Å². The van der Waals surface area contributed by atoms with Crippen LogP contribution in [0.4, 0.5) is 51.2 Å². The summed E-state index contributed by atoms with van der Waals surface area (Å²) in [6, 6.07) is 38.1. The first-order valence-electron chi connectivity index (χ1n) is 43.4. The highest BCUT2D eigenvalue weighted by molar-refractivity contribution is 6.10. The molecule has 39 heteroatoms. The number of carbonyl (C=O) groups is 9. The molecule has 0 spiro atoms. The molecule has 9 amide bonds. The van der Waals surface area contributed by atoms with E-state index in [2.05, 4.69) is 26.6 Å². The normalized spacial score (nSPS) is 10.6. The molecular formula is C96H115N13O26. The van der Waals surface area contributed by atoms with Crippen LogP contribution in [0.1, 0.15) is 235 Å². The van der Waals surface area contributed by atoms with Crippen LogP contribution in [0, 0.1) is 58.2 Å². The molecule has 0 radical (unpaired) electrons. The minimum absolute atomic E-state index is 0.0212. The third kappa shape index (κ3) is 34.4. The largest absolute Gasteiger partial charge is 0.491 e. The summed E-state index contributed by atoms with van der Waals surface area (Å²) in [5.74, 6) is -2.93. The van der Waals surface area contributed by atoms with Crippen molar-refractivity contribution >= 4 is 104 Å². The summed E-state index contributed by atoms with van der Waals surface area (Å²) >= 11 is 0. The van der Waals surface area contributed by atoms with Crippen molar-refractivity contribution in [1.29, 1.82) is 0 Å². The number of primary amides is 4. The van der Waals surface area contributed by atoms with Crippen LogP contribution in [0.25, 0.3) is 0 Å². The number of nitrogens with one attached hydrogen (secondary N) is 5. The van der Waals surface area contributed by atoms with Gasteiger partial charge in [-0.3, -0.25) is 83.6 Å². The van der Waals surface area contributed by atoms with Crippen molar-refractivity contribution in [1.82, 2.24) is 0 Å². The van der Waals surface area contributed by atoms with Crippen molar-refractivity contribution in [3.63, 3.8) is 0 Å². The lowest BCUT2D eigenvalue weighted by Crippen LogP contribution is -2.18. The summed E-state index contributed by atoms with van der Waals surface area (Å²) in [4.78, 5) is 154. The number of unbranched alkanes of at least 4 members (excludes halogenated alkanes) is 3. The Morgan fingerprint density at radius 1 is 0.267 bits per heavy atom. The van der Waals surface area contributed by atoms with Crippen molar-refractivity contribution in [3.8, 4) is 51.7 Å². The van der Waals surface area contributed by atoms with Gasteiger partial charge in [0.25, 0.3) is 29.5 Å². The van der Waals surface area contributed by atoms with E-state index in [0.717, 1.165) is 44.9 Å². The van der Waals surface area contributed by atoms with Gasteiger partial charge in [-0.15, -0.1) is 0 Å². The molecule has 0 aromatic heterocycles. The molecule has 0 unspecified atom stereocenters. The quantitative estimate of drug-likeness (QED) is 0.00972. The zero-order chi connectivity index (χ0) is 99.9. The number of amides is 9. The number of rotatable bonds is 46. The minimum Gasteiger partial charge on any atom is -0.491 e. The van der Waals surface area contributed by atoms with E-state index in [9.17, 15) is 83.6 Å². The van der Waals surface area contributed by atoms with E-state index in [-0.39, 0.29) is 144 Å². The molecule has 13 N–H and O–H groups in total. The van der Waals surface area contributed by atoms with Crippen LogP contribution in [-0.4, -0.2) is 131 Å². The molecule has 0 bridgehead atoms. The van der Waals surface area contributed by atoms with E-state index in [1.807, 2.05) is 69.2 Å². The van der Waals surface area contributed by atoms with Crippen LogP contribution < -0.4 is 92.2 Å². The monoisotopic (exact) mass is 1870 g/mol. The van der Waals surface area contributed by atoms with E-state index in [1.54, 1.807) is 27.7 Å². The second-order valence-electron chi connectivity index (χ2n) is 31.9. The highest BCUT2D eigenvalue weighted by Crippen LogP contribution is 2.38. The summed E-state index contributed by atoms with van der Waals surface area (Å²) < 4.78 is 50.9. The third-order valence-corrected chi connectivity index (χ3v) is 18.4. The van der Waals surface area contributed by atoms with Gasteiger partial charge in [0, 0.05) is 98.6 Å². The maximum absolute atomic E-state index is 13.3. The Morgan fingerprint density at radius 3 is 0.719 bits per heavy atom. The summed E-state index contributed by atoms with van der Waals surface area (Å²) in [7, 11) is 0. The molecule has 0 aliphatic rings. The Morgan fingerprint density at radius 2 is 0.467 bits per heavy atom. The van der Waals surface area contributed by atoms with E-state index in [0.29, 0.717) is 85.4 Å². The molecule has 0 saturated carbocycles. The second kappa shape index (κ2) is 53.4. The topological polar surface area (TPSA) is 573 Å². The van der Waals surface area contributed by atoms with Gasteiger partial charge in [-0.2, -0.15) is 0 Å². The standard InChI is InChI=1S/C31H36N4O8.2C22H27N3O6.C21H25N3O6/c1-17(2)16-41-26-13-20(29(32)36)7-10-23(26)33-30(37)21-8-11-24(27(14-21)42-18(3)4)34-31(38)22-9-12-25(35(39)40)28(15-22)43-19(5)6;1-4-5-10-30-20-12-16(7-9-18(20)25(28)29)22(27)24-17-8-6-15(21(23)26)11-19(17)31-13-14(2)3;1-3-5-11-30-19-13-15(21(23)26)7-9-17(19)24-22(27)16-8-10-18(25(28)29)20(14-16)31-12-6-4-2;1-4-9-29-18-10-14(20(22)25)5-7-16(18)23-21(26)15-6-8-17(24(27)28)19(11-15)30-12-13(2)3/h7-15,17-19H,16H2,1-6H3,(H2,32,36)(H,33,37)(H,34,38);6-9,11-12,14H,4-5,10,13H2,1-3H3,(H2,23,26)(H,24,27);7-10,13-14H,3-6,11-12H2,1-2H3,(H2,23,26)(H,24,27);5-8,10-11,13H,4,9,12H2,1-3H3,(H2,22,25)(H,23,26). The lowest BCUT2D eigenvalue weighted by molar-refractivity contribution is -0.386. The van der Waals surface area contributed by atoms with Gasteiger partial charge in [0.2, 0.25) is 23.6 Å². The minimum atomic E-state index is -0.627. The number of hydrogen-bond acceptors (Lipinski definition) is 26. The average molecular weight is 1870 g/mol. The molecule has 9 aromatic carbocycles. The van der Waals surface area contributed by atoms with Gasteiger partial charge in [-0.1, -0.05) is 88.5 Å². The van der Waals surface area contributed by atoms with Gasteiger partial charge in [-0.25, -0.2) is 0 Å². The van der Waals surface area contributed by atoms with Gasteiger partial charge in [0.15, 0.2) is 23.0 Å². The van der Waals surface area contributed by atoms with Crippen molar-refractivity contribution in [2.75, 3.05) is 72.8 Å². The molecule has 9 rings (SSSR count). The Bertz CT molecular complexity index is 5720. The van der Waals surface area contributed by atoms with Crippen LogP contribution in [0.3, 0.4) is 0 Å². The molecule has 0 saturated heterocycles. The predicted molar refractivity (Wildman–Crippen MR) is 508 cm³/mol. The third-order valence-electron chi connectivity index (χ3n) is 18.4. The highest BCUT2D eigenvalue weighted by atomic mass is 16.6. The van der Waals surface area contributed by atoms with E-state index >= 15 is 0 Å². The zero-order valence-corrected chi connectivity index (χ0v) is 77.6. The summed E-state index contributed by atoms with van der Waals surface area (Å²) in [6.45, 7) is 29.0.